The number of benzene rings is 1. The highest BCUT2D eigenvalue weighted by molar-refractivity contribution is 5.79. The second kappa shape index (κ2) is 4.94. The number of hydrogen-bond donors (Lipinski definition) is 3. The Hall–Kier alpha value is -1.39. The summed E-state index contributed by atoms with van der Waals surface area (Å²) in [6.45, 7) is 3.80. The zero-order valence-corrected chi connectivity index (χ0v) is 11.1. The summed E-state index contributed by atoms with van der Waals surface area (Å²) in [5, 5.41) is 16.3. The van der Waals surface area contributed by atoms with Gasteiger partial charge in [0.2, 0.25) is 5.91 Å². The average Bonchev–Trinajstić information content (AvgIpc) is 2.64. The van der Waals surface area contributed by atoms with Crippen LogP contribution in [0.4, 0.5) is 0 Å². The molecule has 3 N–H and O–H groups in total. The third-order valence-corrected chi connectivity index (χ3v) is 4.44. The topological polar surface area (TPSA) is 61.4 Å². The van der Waals surface area contributed by atoms with Crippen molar-refractivity contribution in [3.05, 3.63) is 35.4 Å². The summed E-state index contributed by atoms with van der Waals surface area (Å²) in [4.78, 5) is 12.2. The molecular formula is C15H20N2O2. The van der Waals surface area contributed by atoms with Crippen LogP contribution in [0.5, 0.6) is 0 Å². The summed E-state index contributed by atoms with van der Waals surface area (Å²) in [6, 6.07) is 7.68. The molecule has 4 heteroatoms. The highest BCUT2D eigenvalue weighted by Crippen LogP contribution is 2.31. The highest BCUT2D eigenvalue weighted by atomic mass is 16.3. The maximum absolute atomic E-state index is 12.2. The molecule has 1 unspecified atom stereocenters. The van der Waals surface area contributed by atoms with Crippen LogP contribution in [0.1, 0.15) is 24.1 Å². The van der Waals surface area contributed by atoms with Gasteiger partial charge < -0.3 is 15.7 Å². The summed E-state index contributed by atoms with van der Waals surface area (Å²) in [5.41, 5.74) is 2.19. The molecule has 1 amide bonds. The van der Waals surface area contributed by atoms with Gasteiger partial charge in [-0.1, -0.05) is 31.2 Å². The summed E-state index contributed by atoms with van der Waals surface area (Å²) in [7, 11) is 0. The fraction of sp³-hybridized carbons (Fsp3) is 0.533. The Morgan fingerprint density at radius 1 is 1.42 bits per heavy atom. The van der Waals surface area contributed by atoms with E-state index < -0.39 is 6.10 Å². The van der Waals surface area contributed by atoms with E-state index in [-0.39, 0.29) is 17.9 Å². The van der Waals surface area contributed by atoms with Crippen LogP contribution in [0.25, 0.3) is 0 Å². The molecule has 0 spiro atoms. The lowest BCUT2D eigenvalue weighted by molar-refractivity contribution is -0.128. The van der Waals surface area contributed by atoms with Crippen molar-refractivity contribution in [2.75, 3.05) is 13.1 Å². The van der Waals surface area contributed by atoms with E-state index in [0.717, 1.165) is 24.2 Å². The quantitative estimate of drug-likeness (QED) is 0.746. The molecule has 0 radical (unpaired) electrons. The summed E-state index contributed by atoms with van der Waals surface area (Å²) < 4.78 is 0. The van der Waals surface area contributed by atoms with Crippen LogP contribution in [0, 0.1) is 11.8 Å². The van der Waals surface area contributed by atoms with Crippen molar-refractivity contribution in [1.82, 2.24) is 10.6 Å². The number of amides is 1. The molecule has 2 aliphatic rings. The van der Waals surface area contributed by atoms with Crippen molar-refractivity contribution < 1.29 is 9.90 Å². The molecule has 4 nitrogen and oxygen atoms in total. The van der Waals surface area contributed by atoms with Gasteiger partial charge in [-0.05, 0) is 30.1 Å². The molecule has 19 heavy (non-hydrogen) atoms. The first-order valence-electron chi connectivity index (χ1n) is 6.94. The fourth-order valence-electron chi connectivity index (χ4n) is 2.91. The van der Waals surface area contributed by atoms with Crippen LogP contribution < -0.4 is 10.6 Å². The van der Waals surface area contributed by atoms with E-state index in [4.69, 9.17) is 0 Å². The van der Waals surface area contributed by atoms with Crippen LogP contribution >= 0.6 is 0 Å². The van der Waals surface area contributed by atoms with Crippen molar-refractivity contribution in [2.24, 2.45) is 11.8 Å². The molecular weight excluding hydrogens is 240 g/mol. The van der Waals surface area contributed by atoms with E-state index in [1.807, 2.05) is 31.2 Å². The Labute approximate surface area is 113 Å². The van der Waals surface area contributed by atoms with Crippen molar-refractivity contribution >= 4 is 5.91 Å². The number of hydrogen-bond acceptors (Lipinski definition) is 3. The SMILES string of the molecule is CC(C(=O)N[C@H]1c2ccccc2C[C@H]1O)C1CNC1. The van der Waals surface area contributed by atoms with Gasteiger partial charge in [0.25, 0.3) is 0 Å². The first-order chi connectivity index (χ1) is 9.16. The highest BCUT2D eigenvalue weighted by Gasteiger charge is 2.35. The Balaban J connectivity index is 1.71. The van der Waals surface area contributed by atoms with Gasteiger partial charge in [0, 0.05) is 12.3 Å². The Bertz CT molecular complexity index is 485. The maximum Gasteiger partial charge on any atom is 0.223 e. The van der Waals surface area contributed by atoms with Gasteiger partial charge in [-0.25, -0.2) is 0 Å². The Morgan fingerprint density at radius 2 is 2.16 bits per heavy atom. The van der Waals surface area contributed by atoms with Crippen LogP contribution in [0.2, 0.25) is 0 Å². The van der Waals surface area contributed by atoms with E-state index in [1.54, 1.807) is 0 Å². The molecule has 3 atom stereocenters. The van der Waals surface area contributed by atoms with Crippen LogP contribution in [-0.4, -0.2) is 30.2 Å². The van der Waals surface area contributed by atoms with Gasteiger partial charge in [-0.15, -0.1) is 0 Å². The fourth-order valence-corrected chi connectivity index (χ4v) is 2.91. The molecule has 0 aromatic heterocycles. The predicted molar refractivity (Wildman–Crippen MR) is 72.6 cm³/mol. The Morgan fingerprint density at radius 3 is 2.84 bits per heavy atom. The number of carbonyl (C=O) groups excluding carboxylic acids is 1. The first-order valence-corrected chi connectivity index (χ1v) is 6.94. The molecule has 1 aromatic carbocycles. The second-order valence-corrected chi connectivity index (χ2v) is 5.66. The van der Waals surface area contributed by atoms with Gasteiger partial charge in [0.1, 0.15) is 0 Å². The van der Waals surface area contributed by atoms with Gasteiger partial charge >= 0.3 is 0 Å². The van der Waals surface area contributed by atoms with Gasteiger partial charge in [0.15, 0.2) is 0 Å². The van der Waals surface area contributed by atoms with Crippen molar-refractivity contribution in [2.45, 2.75) is 25.5 Å². The van der Waals surface area contributed by atoms with Crippen molar-refractivity contribution in [3.8, 4) is 0 Å². The molecule has 1 aliphatic carbocycles. The smallest absolute Gasteiger partial charge is 0.223 e. The van der Waals surface area contributed by atoms with Crippen LogP contribution in [-0.2, 0) is 11.2 Å². The average molecular weight is 260 g/mol. The molecule has 1 aliphatic heterocycles. The van der Waals surface area contributed by atoms with E-state index in [2.05, 4.69) is 10.6 Å². The summed E-state index contributed by atoms with van der Waals surface area (Å²) in [5.74, 6) is 0.474. The maximum atomic E-state index is 12.2. The zero-order valence-electron chi connectivity index (χ0n) is 11.1. The monoisotopic (exact) mass is 260 g/mol. The third kappa shape index (κ3) is 2.26. The minimum atomic E-state index is -0.506. The predicted octanol–water partition coefficient (Wildman–Crippen LogP) is 0.616. The lowest BCUT2D eigenvalue weighted by Gasteiger charge is -2.32. The van der Waals surface area contributed by atoms with Gasteiger partial charge in [-0.2, -0.15) is 0 Å². The van der Waals surface area contributed by atoms with Gasteiger partial charge in [-0.3, -0.25) is 4.79 Å². The lowest BCUT2D eigenvalue weighted by atomic mass is 9.88. The van der Waals surface area contributed by atoms with E-state index in [9.17, 15) is 9.90 Å². The largest absolute Gasteiger partial charge is 0.390 e. The number of aliphatic hydroxyl groups is 1. The minimum Gasteiger partial charge on any atom is -0.390 e. The molecule has 1 fully saturated rings. The molecule has 1 aromatic rings. The molecule has 3 rings (SSSR count). The van der Waals surface area contributed by atoms with E-state index in [1.165, 1.54) is 0 Å². The number of aliphatic hydroxyl groups excluding tert-OH is 1. The van der Waals surface area contributed by atoms with Crippen molar-refractivity contribution in [3.63, 3.8) is 0 Å². The minimum absolute atomic E-state index is 0.00112. The Kier molecular flexibility index (Phi) is 3.29. The lowest BCUT2D eigenvalue weighted by Crippen LogP contribution is -2.50. The van der Waals surface area contributed by atoms with E-state index >= 15 is 0 Å². The molecule has 102 valence electrons. The number of fused-ring (bicyclic) bond motifs is 1. The van der Waals surface area contributed by atoms with Gasteiger partial charge in [0.05, 0.1) is 12.1 Å². The summed E-state index contributed by atoms with van der Waals surface area (Å²) >= 11 is 0. The normalized spacial score (nSPS) is 27.5. The molecule has 0 saturated carbocycles. The number of rotatable bonds is 3. The molecule has 1 saturated heterocycles. The second-order valence-electron chi connectivity index (χ2n) is 5.66. The number of nitrogens with one attached hydrogen (secondary N) is 2. The zero-order chi connectivity index (χ0) is 13.4. The van der Waals surface area contributed by atoms with Crippen LogP contribution in [0.15, 0.2) is 24.3 Å². The standard InChI is InChI=1S/C15H20N2O2/c1-9(11-7-16-8-11)15(19)17-14-12-5-3-2-4-10(12)6-13(14)18/h2-5,9,11,13-14,16,18H,6-8H2,1H3,(H,17,19)/t9?,13-,14+/m1/s1. The van der Waals surface area contributed by atoms with E-state index in [0.29, 0.717) is 12.3 Å². The van der Waals surface area contributed by atoms with Crippen molar-refractivity contribution in [1.29, 1.82) is 0 Å². The molecule has 0 bridgehead atoms. The molecule has 1 heterocycles. The number of carbonyl (C=O) groups is 1. The first kappa shape index (κ1) is 12.6. The van der Waals surface area contributed by atoms with Crippen LogP contribution in [0.3, 0.4) is 0 Å². The third-order valence-electron chi connectivity index (χ3n) is 4.44. The summed E-state index contributed by atoms with van der Waals surface area (Å²) in [6.07, 6.45) is 0.119.